The number of nitrogens with one attached hydrogen (secondary N) is 1. The van der Waals surface area contributed by atoms with Gasteiger partial charge in [-0.25, -0.2) is 0 Å². The van der Waals surface area contributed by atoms with Crippen molar-refractivity contribution < 1.29 is 9.72 Å². The number of carbonyl (C=O) groups is 1. The maximum absolute atomic E-state index is 12.6. The molecule has 0 spiro atoms. The molecule has 1 amide bonds. The van der Waals surface area contributed by atoms with Crippen molar-refractivity contribution in [2.45, 2.75) is 32.2 Å². The van der Waals surface area contributed by atoms with E-state index in [2.05, 4.69) is 10.2 Å². The molecule has 1 saturated heterocycles. The first-order valence-corrected chi connectivity index (χ1v) is 8.37. The molecule has 1 aromatic rings. The molecule has 1 heterocycles. The van der Waals surface area contributed by atoms with Gasteiger partial charge in [0.1, 0.15) is 0 Å². The highest BCUT2D eigenvalue weighted by molar-refractivity contribution is 6.00. The zero-order chi connectivity index (χ0) is 17.7. The number of carbonyl (C=O) groups excluding carboxylic acids is 1. The molecular formula is C17H26N4O3. The molecule has 1 aliphatic heterocycles. The SMILES string of the molecule is C[C@@H](CCN1CCCC1)NC(=O)c1cc([N+](=O)[O-])ccc1N(C)C. The monoisotopic (exact) mass is 334 g/mol. The maximum atomic E-state index is 12.6. The molecule has 0 saturated carbocycles. The van der Waals surface area contributed by atoms with Crippen LogP contribution in [-0.4, -0.2) is 55.5 Å². The average molecular weight is 334 g/mol. The fourth-order valence-electron chi connectivity index (χ4n) is 2.97. The molecule has 1 N–H and O–H groups in total. The Balaban J connectivity index is 2.03. The van der Waals surface area contributed by atoms with Gasteiger partial charge in [-0.05, 0) is 45.3 Å². The van der Waals surface area contributed by atoms with Gasteiger partial charge in [0.05, 0.1) is 10.5 Å². The normalized spacial score (nSPS) is 16.0. The zero-order valence-corrected chi connectivity index (χ0v) is 14.6. The molecule has 1 atom stereocenters. The highest BCUT2D eigenvalue weighted by Crippen LogP contribution is 2.24. The lowest BCUT2D eigenvalue weighted by Crippen LogP contribution is -2.36. The molecule has 1 aromatic carbocycles. The van der Waals surface area contributed by atoms with Crippen LogP contribution in [0, 0.1) is 10.1 Å². The Hall–Kier alpha value is -2.15. The van der Waals surface area contributed by atoms with E-state index < -0.39 is 4.92 Å². The second kappa shape index (κ2) is 8.10. The lowest BCUT2D eigenvalue weighted by Gasteiger charge is -2.21. The standard InChI is InChI=1S/C17H26N4O3/c1-13(8-11-20-9-4-5-10-20)18-17(22)15-12-14(21(23)24)6-7-16(15)19(2)3/h6-7,12-13H,4-5,8-11H2,1-3H3,(H,18,22)/t13-/m0/s1. The number of likely N-dealkylation sites (tertiary alicyclic amines) is 1. The number of hydrogen-bond donors (Lipinski definition) is 1. The molecule has 0 unspecified atom stereocenters. The Kier molecular flexibility index (Phi) is 6.14. The molecule has 2 rings (SSSR count). The van der Waals surface area contributed by atoms with E-state index in [0.29, 0.717) is 11.3 Å². The predicted molar refractivity (Wildman–Crippen MR) is 94.6 cm³/mol. The fraction of sp³-hybridized carbons (Fsp3) is 0.588. The largest absolute Gasteiger partial charge is 0.377 e. The maximum Gasteiger partial charge on any atom is 0.270 e. The number of hydrogen-bond acceptors (Lipinski definition) is 5. The van der Waals surface area contributed by atoms with E-state index in [-0.39, 0.29) is 17.6 Å². The van der Waals surface area contributed by atoms with Gasteiger partial charge in [0.15, 0.2) is 0 Å². The summed E-state index contributed by atoms with van der Waals surface area (Å²) in [6.45, 7) is 5.21. The van der Waals surface area contributed by atoms with Crippen LogP contribution in [0.5, 0.6) is 0 Å². The van der Waals surface area contributed by atoms with Crippen molar-refractivity contribution in [1.82, 2.24) is 10.2 Å². The summed E-state index contributed by atoms with van der Waals surface area (Å²) in [5.41, 5.74) is 0.933. The molecule has 1 fully saturated rings. The van der Waals surface area contributed by atoms with E-state index in [0.717, 1.165) is 26.1 Å². The number of nitro groups is 1. The van der Waals surface area contributed by atoms with Crippen LogP contribution in [0.2, 0.25) is 0 Å². The lowest BCUT2D eigenvalue weighted by atomic mass is 10.1. The van der Waals surface area contributed by atoms with Crippen molar-refractivity contribution in [2.24, 2.45) is 0 Å². The quantitative estimate of drug-likeness (QED) is 0.611. The van der Waals surface area contributed by atoms with Crippen LogP contribution in [0.25, 0.3) is 0 Å². The smallest absolute Gasteiger partial charge is 0.270 e. The van der Waals surface area contributed by atoms with Gasteiger partial charge in [-0.3, -0.25) is 14.9 Å². The van der Waals surface area contributed by atoms with E-state index in [4.69, 9.17) is 0 Å². The number of rotatable bonds is 7. The fourth-order valence-corrected chi connectivity index (χ4v) is 2.97. The predicted octanol–water partition coefficient (Wildman–Crippen LogP) is 2.26. The molecular weight excluding hydrogens is 308 g/mol. The van der Waals surface area contributed by atoms with Gasteiger partial charge in [-0.15, -0.1) is 0 Å². The Morgan fingerprint density at radius 2 is 2.04 bits per heavy atom. The van der Waals surface area contributed by atoms with Crippen LogP contribution < -0.4 is 10.2 Å². The number of anilines is 1. The van der Waals surface area contributed by atoms with E-state index in [1.54, 1.807) is 11.0 Å². The van der Waals surface area contributed by atoms with Gasteiger partial charge < -0.3 is 15.1 Å². The molecule has 24 heavy (non-hydrogen) atoms. The van der Waals surface area contributed by atoms with E-state index in [1.165, 1.54) is 25.0 Å². The Labute approximate surface area is 142 Å². The zero-order valence-electron chi connectivity index (χ0n) is 14.6. The Morgan fingerprint density at radius 1 is 1.38 bits per heavy atom. The number of amides is 1. The summed E-state index contributed by atoms with van der Waals surface area (Å²) in [4.78, 5) is 27.3. The topological polar surface area (TPSA) is 78.7 Å². The van der Waals surface area contributed by atoms with Crippen LogP contribution in [0.15, 0.2) is 18.2 Å². The third-order valence-corrected chi connectivity index (χ3v) is 4.37. The second-order valence-electron chi connectivity index (χ2n) is 6.56. The summed E-state index contributed by atoms with van der Waals surface area (Å²) in [7, 11) is 3.63. The van der Waals surface area contributed by atoms with Crippen molar-refractivity contribution in [2.75, 3.05) is 38.6 Å². The van der Waals surface area contributed by atoms with Crippen LogP contribution in [-0.2, 0) is 0 Å². The number of nitrogens with zero attached hydrogens (tertiary/aromatic N) is 3. The van der Waals surface area contributed by atoms with Gasteiger partial charge >= 0.3 is 0 Å². The van der Waals surface area contributed by atoms with Crippen LogP contribution in [0.1, 0.15) is 36.5 Å². The molecule has 7 heteroatoms. The van der Waals surface area contributed by atoms with Crippen molar-refractivity contribution in [1.29, 1.82) is 0 Å². The molecule has 1 aliphatic rings. The summed E-state index contributed by atoms with van der Waals surface area (Å²) < 4.78 is 0. The van der Waals surface area contributed by atoms with Crippen molar-refractivity contribution in [3.63, 3.8) is 0 Å². The molecule has 0 radical (unpaired) electrons. The number of non-ortho nitro benzene ring substituents is 1. The first-order chi connectivity index (χ1) is 11.4. The van der Waals surface area contributed by atoms with Gasteiger partial charge in [0, 0.05) is 44.5 Å². The summed E-state index contributed by atoms with van der Waals surface area (Å²) in [6.07, 6.45) is 3.37. The van der Waals surface area contributed by atoms with Gasteiger partial charge in [0.2, 0.25) is 0 Å². The first-order valence-electron chi connectivity index (χ1n) is 8.37. The summed E-state index contributed by atoms with van der Waals surface area (Å²) in [5, 5.41) is 14.0. The van der Waals surface area contributed by atoms with Crippen LogP contribution in [0.4, 0.5) is 11.4 Å². The van der Waals surface area contributed by atoms with Crippen LogP contribution >= 0.6 is 0 Å². The minimum atomic E-state index is -0.479. The lowest BCUT2D eigenvalue weighted by molar-refractivity contribution is -0.384. The summed E-state index contributed by atoms with van der Waals surface area (Å²) in [6, 6.07) is 4.40. The minimum Gasteiger partial charge on any atom is -0.377 e. The third-order valence-electron chi connectivity index (χ3n) is 4.37. The highest BCUT2D eigenvalue weighted by Gasteiger charge is 2.20. The Morgan fingerprint density at radius 3 is 2.62 bits per heavy atom. The van der Waals surface area contributed by atoms with Gasteiger partial charge in [-0.1, -0.05) is 0 Å². The third kappa shape index (κ3) is 4.67. The first kappa shape index (κ1) is 18.2. The molecule has 0 aromatic heterocycles. The molecule has 0 aliphatic carbocycles. The number of nitro benzene ring substituents is 1. The summed E-state index contributed by atoms with van der Waals surface area (Å²) >= 11 is 0. The molecule has 7 nitrogen and oxygen atoms in total. The van der Waals surface area contributed by atoms with E-state index in [9.17, 15) is 14.9 Å². The van der Waals surface area contributed by atoms with E-state index >= 15 is 0 Å². The average Bonchev–Trinajstić information content (AvgIpc) is 3.05. The van der Waals surface area contributed by atoms with Gasteiger partial charge in [-0.2, -0.15) is 0 Å². The molecule has 132 valence electrons. The van der Waals surface area contributed by atoms with Crippen molar-refractivity contribution in [3.05, 3.63) is 33.9 Å². The van der Waals surface area contributed by atoms with Crippen molar-refractivity contribution in [3.8, 4) is 0 Å². The second-order valence-corrected chi connectivity index (χ2v) is 6.56. The molecule has 0 bridgehead atoms. The highest BCUT2D eigenvalue weighted by atomic mass is 16.6. The Bertz CT molecular complexity index is 597. The number of benzene rings is 1. The van der Waals surface area contributed by atoms with E-state index in [1.807, 2.05) is 21.0 Å². The van der Waals surface area contributed by atoms with Gasteiger partial charge in [0.25, 0.3) is 11.6 Å². The van der Waals surface area contributed by atoms with Crippen LogP contribution in [0.3, 0.4) is 0 Å². The van der Waals surface area contributed by atoms with Crippen molar-refractivity contribution >= 4 is 17.3 Å². The summed E-state index contributed by atoms with van der Waals surface area (Å²) in [5.74, 6) is -0.267. The minimum absolute atomic E-state index is 0.0207.